The maximum absolute atomic E-state index is 12.5. The molecule has 1 aliphatic heterocycles. The van der Waals surface area contributed by atoms with Crippen molar-refractivity contribution in [1.29, 1.82) is 0 Å². The summed E-state index contributed by atoms with van der Waals surface area (Å²) in [5.74, 6) is -1.76. The minimum Gasteiger partial charge on any atom is -0.273 e. The number of hydrazine groups is 1. The van der Waals surface area contributed by atoms with Gasteiger partial charge in [0.05, 0.1) is 35.2 Å². The molecule has 2 amide bonds. The van der Waals surface area contributed by atoms with Crippen LogP contribution in [0.15, 0.2) is 30.3 Å². The van der Waals surface area contributed by atoms with E-state index in [1.165, 1.54) is 0 Å². The molecule has 2 N–H and O–H groups in total. The van der Waals surface area contributed by atoms with E-state index in [4.69, 9.17) is 0 Å². The van der Waals surface area contributed by atoms with Crippen LogP contribution >= 0.6 is 0 Å². The molecule has 1 atom stereocenters. The van der Waals surface area contributed by atoms with Crippen molar-refractivity contribution < 1.29 is 18.0 Å². The summed E-state index contributed by atoms with van der Waals surface area (Å²) < 4.78 is 24.7. The summed E-state index contributed by atoms with van der Waals surface area (Å²) in [6.07, 6.45) is 0.275. The molecule has 1 saturated heterocycles. The Kier molecular flexibility index (Phi) is 5.31. The molecule has 0 saturated carbocycles. The molecule has 1 aliphatic rings. The molecule has 9 heteroatoms. The number of sulfone groups is 1. The first-order chi connectivity index (χ1) is 12.8. The van der Waals surface area contributed by atoms with Gasteiger partial charge in [0, 0.05) is 5.69 Å². The number of carbonyl (C=O) groups is 2. The second kappa shape index (κ2) is 7.51. The van der Waals surface area contributed by atoms with Crippen LogP contribution in [0.25, 0.3) is 0 Å². The fraction of sp³-hybridized carbons (Fsp3) is 0.389. The average Bonchev–Trinajstić information content (AvgIpc) is 3.12. The van der Waals surface area contributed by atoms with E-state index in [0.717, 1.165) is 5.56 Å². The summed E-state index contributed by atoms with van der Waals surface area (Å²) in [5.41, 5.74) is 7.40. The number of nitrogens with zero attached hydrogens (tertiary/aromatic N) is 2. The van der Waals surface area contributed by atoms with E-state index in [9.17, 15) is 18.0 Å². The van der Waals surface area contributed by atoms with Gasteiger partial charge in [-0.2, -0.15) is 5.10 Å². The Morgan fingerprint density at radius 2 is 1.89 bits per heavy atom. The summed E-state index contributed by atoms with van der Waals surface area (Å²) in [5, 5.41) is 4.41. The second-order valence-corrected chi connectivity index (χ2v) is 8.96. The zero-order valence-corrected chi connectivity index (χ0v) is 16.0. The molecule has 8 nitrogen and oxygen atoms in total. The Bertz CT molecular complexity index is 967. The lowest BCUT2D eigenvalue weighted by atomic mass is 10.1. The van der Waals surface area contributed by atoms with Gasteiger partial charge in [0.25, 0.3) is 5.91 Å². The number of nitrogens with one attached hydrogen (secondary N) is 2. The second-order valence-electron chi connectivity index (χ2n) is 6.73. The van der Waals surface area contributed by atoms with Crippen LogP contribution in [0.2, 0.25) is 0 Å². The zero-order valence-electron chi connectivity index (χ0n) is 15.2. The van der Waals surface area contributed by atoms with Crippen molar-refractivity contribution in [3.8, 4) is 0 Å². The lowest BCUT2D eigenvalue weighted by Crippen LogP contribution is -2.45. The van der Waals surface area contributed by atoms with Gasteiger partial charge in [0.2, 0.25) is 5.91 Å². The smallest absolute Gasteiger partial charge is 0.273 e. The third-order valence-electron chi connectivity index (χ3n) is 4.69. The van der Waals surface area contributed by atoms with Crippen molar-refractivity contribution >= 4 is 21.7 Å². The highest BCUT2D eigenvalue weighted by molar-refractivity contribution is 7.91. The molecule has 0 aliphatic carbocycles. The molecule has 1 aromatic heterocycles. The Hall–Kier alpha value is -2.68. The number of rotatable bonds is 4. The first kappa shape index (κ1) is 19.1. The molecule has 2 aromatic rings. The zero-order chi connectivity index (χ0) is 19.6. The van der Waals surface area contributed by atoms with Gasteiger partial charge in [-0.3, -0.25) is 25.1 Å². The number of benzene rings is 1. The lowest BCUT2D eigenvalue weighted by Gasteiger charge is -2.11. The summed E-state index contributed by atoms with van der Waals surface area (Å²) in [6, 6.07) is 9.76. The molecule has 27 heavy (non-hydrogen) atoms. The summed E-state index contributed by atoms with van der Waals surface area (Å²) in [7, 11) is -3.16. The van der Waals surface area contributed by atoms with Gasteiger partial charge >= 0.3 is 0 Å². The van der Waals surface area contributed by atoms with Crippen LogP contribution in [0.3, 0.4) is 0 Å². The fourth-order valence-electron chi connectivity index (χ4n) is 3.22. The predicted octanol–water partition coefficient (Wildman–Crippen LogP) is 0.744. The minimum atomic E-state index is -3.16. The molecule has 3 rings (SSSR count). The van der Waals surface area contributed by atoms with Crippen molar-refractivity contribution in [2.24, 2.45) is 5.92 Å². The maximum Gasteiger partial charge on any atom is 0.273 e. The topological polar surface area (TPSA) is 110 Å². The van der Waals surface area contributed by atoms with Gasteiger partial charge < -0.3 is 0 Å². The molecule has 1 fully saturated rings. The number of amides is 2. The molecule has 1 aromatic carbocycles. The van der Waals surface area contributed by atoms with Gasteiger partial charge in [0.1, 0.15) is 0 Å². The van der Waals surface area contributed by atoms with Crippen molar-refractivity contribution in [1.82, 2.24) is 20.6 Å². The Morgan fingerprint density at radius 1 is 1.19 bits per heavy atom. The van der Waals surface area contributed by atoms with Gasteiger partial charge in [-0.05, 0) is 25.8 Å². The Balaban J connectivity index is 1.65. The average molecular weight is 390 g/mol. The summed E-state index contributed by atoms with van der Waals surface area (Å²) in [6.45, 7) is 4.06. The van der Waals surface area contributed by atoms with Crippen LogP contribution in [0.4, 0.5) is 0 Å². The van der Waals surface area contributed by atoms with Gasteiger partial charge in [-0.1, -0.05) is 30.3 Å². The van der Waals surface area contributed by atoms with E-state index < -0.39 is 27.6 Å². The van der Waals surface area contributed by atoms with Gasteiger partial charge in [-0.15, -0.1) is 0 Å². The molecular weight excluding hydrogens is 368 g/mol. The highest BCUT2D eigenvalue weighted by Gasteiger charge is 2.33. The third-order valence-corrected chi connectivity index (χ3v) is 6.45. The van der Waals surface area contributed by atoms with E-state index in [2.05, 4.69) is 16.0 Å². The number of hydrogen-bond acceptors (Lipinski definition) is 5. The fourth-order valence-corrected chi connectivity index (χ4v) is 4.96. The van der Waals surface area contributed by atoms with Crippen LogP contribution in [-0.2, 0) is 21.2 Å². The number of hydrogen-bond donors (Lipinski definition) is 2. The minimum absolute atomic E-state index is 0.00348. The van der Waals surface area contributed by atoms with Crippen molar-refractivity contribution in [2.45, 2.75) is 26.8 Å². The number of carbonyl (C=O) groups excluding carboxylic acids is 2. The van der Waals surface area contributed by atoms with Gasteiger partial charge in [0.15, 0.2) is 9.84 Å². The molecule has 0 spiro atoms. The van der Waals surface area contributed by atoms with Crippen molar-refractivity contribution in [2.75, 3.05) is 11.5 Å². The third kappa shape index (κ3) is 4.36. The standard InChI is InChI=1S/C18H22N4O4S/c1-12-16(13(2)22(21-12)10-14-6-4-3-5-7-14)18(24)20-19-17(23)15-8-9-27(25,26)11-15/h3-7,15H,8-11H2,1-2H3,(H,19,23)(H,20,24)/t15-/m0/s1. The molecule has 144 valence electrons. The van der Waals surface area contributed by atoms with Gasteiger partial charge in [-0.25, -0.2) is 8.42 Å². The Morgan fingerprint density at radius 3 is 2.52 bits per heavy atom. The van der Waals surface area contributed by atoms with Crippen LogP contribution in [0.1, 0.15) is 33.7 Å². The largest absolute Gasteiger partial charge is 0.273 e. The molecule has 0 unspecified atom stereocenters. The summed E-state index contributed by atoms with van der Waals surface area (Å²) >= 11 is 0. The maximum atomic E-state index is 12.5. The van der Waals surface area contributed by atoms with Crippen LogP contribution in [0.5, 0.6) is 0 Å². The monoisotopic (exact) mass is 390 g/mol. The first-order valence-electron chi connectivity index (χ1n) is 8.65. The quantitative estimate of drug-likeness (QED) is 0.749. The first-order valence-corrected chi connectivity index (χ1v) is 10.5. The highest BCUT2D eigenvalue weighted by atomic mass is 32.2. The van der Waals surface area contributed by atoms with E-state index in [1.807, 2.05) is 30.3 Å². The lowest BCUT2D eigenvalue weighted by molar-refractivity contribution is -0.125. The molecule has 0 bridgehead atoms. The highest BCUT2D eigenvalue weighted by Crippen LogP contribution is 2.18. The molecular formula is C18H22N4O4S. The number of aromatic nitrogens is 2. The molecule has 2 heterocycles. The SMILES string of the molecule is Cc1nn(Cc2ccccc2)c(C)c1C(=O)NNC(=O)[C@H]1CCS(=O)(=O)C1. The molecule has 0 radical (unpaired) electrons. The predicted molar refractivity (Wildman–Crippen MR) is 99.6 cm³/mol. The van der Waals surface area contributed by atoms with Crippen molar-refractivity contribution in [3.05, 3.63) is 52.8 Å². The Labute approximate surface area is 157 Å². The van der Waals surface area contributed by atoms with Crippen LogP contribution in [-0.4, -0.2) is 41.5 Å². The van der Waals surface area contributed by atoms with E-state index in [0.29, 0.717) is 23.5 Å². The van der Waals surface area contributed by atoms with E-state index in [1.54, 1.807) is 18.5 Å². The number of aryl methyl sites for hydroxylation is 1. The van der Waals surface area contributed by atoms with E-state index in [-0.39, 0.29) is 17.9 Å². The van der Waals surface area contributed by atoms with Crippen molar-refractivity contribution in [3.63, 3.8) is 0 Å². The van der Waals surface area contributed by atoms with Crippen LogP contribution in [0, 0.1) is 19.8 Å². The summed E-state index contributed by atoms with van der Waals surface area (Å²) in [4.78, 5) is 24.6. The van der Waals surface area contributed by atoms with E-state index >= 15 is 0 Å². The van der Waals surface area contributed by atoms with Crippen LogP contribution < -0.4 is 10.9 Å². The normalized spacial score (nSPS) is 18.2.